The van der Waals surface area contributed by atoms with E-state index in [2.05, 4.69) is 21.2 Å². The molecule has 10 heteroatoms. The van der Waals surface area contributed by atoms with Crippen molar-refractivity contribution in [3.8, 4) is 17.3 Å². The van der Waals surface area contributed by atoms with Crippen LogP contribution < -0.4 is 4.90 Å². The van der Waals surface area contributed by atoms with E-state index in [1.807, 2.05) is 34.0 Å². The Morgan fingerprint density at radius 1 is 1.13 bits per heavy atom. The zero-order chi connectivity index (χ0) is 21.5. The molecule has 1 fully saturated rings. The molecule has 0 radical (unpaired) electrons. The van der Waals surface area contributed by atoms with Gasteiger partial charge in [-0.05, 0) is 20.8 Å². The second-order valence-electron chi connectivity index (χ2n) is 8.27. The minimum Gasteiger partial charge on any atom is -0.444 e. The predicted molar refractivity (Wildman–Crippen MR) is 110 cm³/mol. The molecule has 1 aliphatic heterocycles. The number of amides is 1. The van der Waals surface area contributed by atoms with Gasteiger partial charge in [0, 0.05) is 45.0 Å². The van der Waals surface area contributed by atoms with E-state index in [-0.39, 0.29) is 6.09 Å². The van der Waals surface area contributed by atoms with Crippen molar-refractivity contribution in [1.29, 1.82) is 5.26 Å². The van der Waals surface area contributed by atoms with Crippen molar-refractivity contribution in [2.45, 2.75) is 26.4 Å². The first-order chi connectivity index (χ1) is 14.2. The average molecular weight is 408 g/mol. The molecule has 0 atom stereocenters. The zero-order valence-corrected chi connectivity index (χ0v) is 17.5. The van der Waals surface area contributed by atoms with Gasteiger partial charge in [-0.25, -0.2) is 14.3 Å². The summed E-state index contributed by atoms with van der Waals surface area (Å²) in [7, 11) is 1.85. The summed E-state index contributed by atoms with van der Waals surface area (Å²) in [5.41, 5.74) is 2.18. The maximum Gasteiger partial charge on any atom is 0.410 e. The van der Waals surface area contributed by atoms with Gasteiger partial charge in [-0.3, -0.25) is 4.68 Å². The standard InChI is InChI=1S/C20H24N8O2/c1-20(2,3)30-19(29)27-7-5-26(6-8-27)18-17-14(9-21)10-23-28(17)13-16(24-18)15-11-22-25(4)12-15/h10-13H,5-8H2,1-4H3. The second-order valence-corrected chi connectivity index (χ2v) is 8.27. The first-order valence-corrected chi connectivity index (χ1v) is 9.75. The van der Waals surface area contributed by atoms with E-state index in [4.69, 9.17) is 9.72 Å². The number of nitrogens with zero attached hydrogens (tertiary/aromatic N) is 8. The lowest BCUT2D eigenvalue weighted by Crippen LogP contribution is -2.50. The van der Waals surface area contributed by atoms with Crippen LogP contribution in [0, 0.1) is 11.3 Å². The minimum atomic E-state index is -0.528. The molecule has 1 amide bonds. The molecular weight excluding hydrogens is 384 g/mol. The summed E-state index contributed by atoms with van der Waals surface area (Å²) < 4.78 is 8.87. The smallest absolute Gasteiger partial charge is 0.410 e. The van der Waals surface area contributed by atoms with E-state index in [1.54, 1.807) is 32.7 Å². The van der Waals surface area contributed by atoms with E-state index in [9.17, 15) is 10.1 Å². The number of rotatable bonds is 2. The van der Waals surface area contributed by atoms with Gasteiger partial charge in [-0.1, -0.05) is 0 Å². The quantitative estimate of drug-likeness (QED) is 0.639. The number of anilines is 1. The summed E-state index contributed by atoms with van der Waals surface area (Å²) in [5, 5.41) is 18.1. The SMILES string of the molecule is Cn1cc(-c2cn3ncc(C#N)c3c(N3CCN(C(=O)OC(C)(C)C)CC3)n2)cn1. The lowest BCUT2D eigenvalue weighted by Gasteiger charge is -2.36. The van der Waals surface area contributed by atoms with Crippen molar-refractivity contribution in [3.05, 3.63) is 30.4 Å². The zero-order valence-electron chi connectivity index (χ0n) is 17.5. The molecular formula is C20H24N8O2. The summed E-state index contributed by atoms with van der Waals surface area (Å²) >= 11 is 0. The van der Waals surface area contributed by atoms with Gasteiger partial charge in [0.25, 0.3) is 0 Å². The highest BCUT2D eigenvalue weighted by atomic mass is 16.6. The van der Waals surface area contributed by atoms with E-state index < -0.39 is 5.60 Å². The summed E-state index contributed by atoms with van der Waals surface area (Å²) in [6, 6.07) is 2.19. The summed E-state index contributed by atoms with van der Waals surface area (Å²) in [5.74, 6) is 0.675. The number of aromatic nitrogens is 5. The van der Waals surface area contributed by atoms with Crippen LogP contribution in [0.15, 0.2) is 24.8 Å². The maximum absolute atomic E-state index is 12.4. The summed E-state index contributed by atoms with van der Waals surface area (Å²) in [6.07, 6.45) is 6.66. The van der Waals surface area contributed by atoms with Gasteiger partial charge in [-0.15, -0.1) is 0 Å². The van der Waals surface area contributed by atoms with Crippen LogP contribution in [0.2, 0.25) is 0 Å². The van der Waals surface area contributed by atoms with Crippen LogP contribution in [0.5, 0.6) is 0 Å². The molecule has 10 nitrogen and oxygen atoms in total. The van der Waals surface area contributed by atoms with Crippen molar-refractivity contribution in [2.75, 3.05) is 31.1 Å². The van der Waals surface area contributed by atoms with Gasteiger partial charge in [0.15, 0.2) is 5.82 Å². The summed E-state index contributed by atoms with van der Waals surface area (Å²) in [6.45, 7) is 7.74. The Morgan fingerprint density at radius 2 is 1.87 bits per heavy atom. The van der Waals surface area contributed by atoms with E-state index >= 15 is 0 Å². The Balaban J connectivity index is 1.64. The van der Waals surface area contributed by atoms with Crippen LogP contribution in [0.25, 0.3) is 16.8 Å². The number of piperazine rings is 1. The Morgan fingerprint density at radius 3 is 2.47 bits per heavy atom. The molecule has 0 aliphatic carbocycles. The van der Waals surface area contributed by atoms with Crippen molar-refractivity contribution in [1.82, 2.24) is 29.3 Å². The van der Waals surface area contributed by atoms with Crippen molar-refractivity contribution < 1.29 is 9.53 Å². The Labute approximate surface area is 174 Å². The van der Waals surface area contributed by atoms with Gasteiger partial charge < -0.3 is 14.5 Å². The van der Waals surface area contributed by atoms with Crippen LogP contribution in [0.1, 0.15) is 26.3 Å². The number of carbonyl (C=O) groups excluding carboxylic acids is 1. The molecule has 1 aliphatic rings. The highest BCUT2D eigenvalue weighted by Crippen LogP contribution is 2.28. The first-order valence-electron chi connectivity index (χ1n) is 9.75. The second kappa shape index (κ2) is 7.33. The molecule has 0 N–H and O–H groups in total. The highest BCUT2D eigenvalue weighted by molar-refractivity contribution is 5.79. The maximum atomic E-state index is 12.4. The molecule has 1 saturated heterocycles. The molecule has 0 saturated carbocycles. The number of nitriles is 1. The third-order valence-corrected chi connectivity index (χ3v) is 4.83. The molecule has 0 bridgehead atoms. The number of fused-ring (bicyclic) bond motifs is 1. The predicted octanol–water partition coefficient (Wildman–Crippen LogP) is 2.06. The van der Waals surface area contributed by atoms with Crippen LogP contribution in [0.3, 0.4) is 0 Å². The van der Waals surface area contributed by atoms with Crippen LogP contribution in [0.4, 0.5) is 10.6 Å². The van der Waals surface area contributed by atoms with Crippen molar-refractivity contribution >= 4 is 17.4 Å². The number of carbonyl (C=O) groups is 1. The van der Waals surface area contributed by atoms with Gasteiger partial charge in [0.05, 0.1) is 24.3 Å². The lowest BCUT2D eigenvalue weighted by molar-refractivity contribution is 0.0240. The van der Waals surface area contributed by atoms with Gasteiger partial charge in [0.2, 0.25) is 0 Å². The molecule has 0 spiro atoms. The van der Waals surface area contributed by atoms with Gasteiger partial charge in [0.1, 0.15) is 22.8 Å². The lowest BCUT2D eigenvalue weighted by atomic mass is 10.2. The average Bonchev–Trinajstić information content (AvgIpc) is 3.32. The topological polar surface area (TPSA) is 105 Å². The van der Waals surface area contributed by atoms with Crippen LogP contribution in [-0.4, -0.2) is 67.2 Å². The number of hydrogen-bond donors (Lipinski definition) is 0. The third kappa shape index (κ3) is 3.78. The molecule has 3 aromatic heterocycles. The van der Waals surface area contributed by atoms with Crippen molar-refractivity contribution in [3.63, 3.8) is 0 Å². The fraction of sp³-hybridized carbons (Fsp3) is 0.450. The normalized spacial score (nSPS) is 14.8. The highest BCUT2D eigenvalue weighted by Gasteiger charge is 2.28. The number of ether oxygens (including phenoxy) is 1. The largest absolute Gasteiger partial charge is 0.444 e. The Kier molecular flexibility index (Phi) is 4.81. The molecule has 156 valence electrons. The fourth-order valence-corrected chi connectivity index (χ4v) is 3.42. The van der Waals surface area contributed by atoms with E-state index in [0.717, 1.165) is 5.56 Å². The number of aryl methyl sites for hydroxylation is 1. The monoisotopic (exact) mass is 408 g/mol. The molecule has 0 aromatic carbocycles. The van der Waals surface area contributed by atoms with Crippen LogP contribution in [-0.2, 0) is 11.8 Å². The molecule has 4 rings (SSSR count). The van der Waals surface area contributed by atoms with E-state index in [1.165, 1.54) is 0 Å². The number of hydrogen-bond acceptors (Lipinski definition) is 7. The van der Waals surface area contributed by atoms with Gasteiger partial charge >= 0.3 is 6.09 Å². The minimum absolute atomic E-state index is 0.313. The van der Waals surface area contributed by atoms with Crippen molar-refractivity contribution in [2.24, 2.45) is 7.05 Å². The molecule has 0 unspecified atom stereocenters. The third-order valence-electron chi connectivity index (χ3n) is 4.83. The Hall–Kier alpha value is -3.61. The fourth-order valence-electron chi connectivity index (χ4n) is 3.42. The van der Waals surface area contributed by atoms with Gasteiger partial charge in [-0.2, -0.15) is 15.5 Å². The Bertz CT molecular complexity index is 1130. The molecule has 4 heterocycles. The first kappa shape index (κ1) is 19.7. The molecule has 30 heavy (non-hydrogen) atoms. The molecule has 3 aromatic rings. The van der Waals surface area contributed by atoms with Crippen LogP contribution >= 0.6 is 0 Å². The summed E-state index contributed by atoms with van der Waals surface area (Å²) in [4.78, 5) is 21.0. The van der Waals surface area contributed by atoms with E-state index in [0.29, 0.717) is 48.8 Å².